The molecule has 2 aromatic carbocycles. The van der Waals surface area contributed by atoms with Crippen LogP contribution in [0.4, 0.5) is 5.69 Å². The maximum absolute atomic E-state index is 12.5. The van der Waals surface area contributed by atoms with Crippen LogP contribution in [0.1, 0.15) is 15.9 Å². The van der Waals surface area contributed by atoms with Gasteiger partial charge in [0.1, 0.15) is 0 Å². The molecule has 0 fully saturated rings. The molecular weight excluding hydrogens is 344 g/mol. The first-order valence-corrected chi connectivity index (χ1v) is 8.97. The Kier molecular flexibility index (Phi) is 4.40. The first kappa shape index (κ1) is 17.2. The van der Waals surface area contributed by atoms with Crippen LogP contribution in [0.15, 0.2) is 41.3 Å². The minimum absolute atomic E-state index is 0.107. The summed E-state index contributed by atoms with van der Waals surface area (Å²) in [7, 11) is -0.723. The van der Waals surface area contributed by atoms with Gasteiger partial charge < -0.3 is 14.8 Å². The van der Waals surface area contributed by atoms with Crippen LogP contribution in [0.3, 0.4) is 0 Å². The molecule has 1 heterocycles. The number of aryl methyl sites for hydroxylation is 1. The number of nitrogens with one attached hydrogen (secondary N) is 1. The van der Waals surface area contributed by atoms with E-state index in [4.69, 9.17) is 9.47 Å². The van der Waals surface area contributed by atoms with Gasteiger partial charge in [-0.25, -0.2) is 12.7 Å². The van der Waals surface area contributed by atoms with Gasteiger partial charge in [-0.15, -0.1) is 0 Å². The van der Waals surface area contributed by atoms with Gasteiger partial charge in [-0.2, -0.15) is 0 Å². The third-order valence-electron chi connectivity index (χ3n) is 3.84. The number of fused-ring (bicyclic) bond motifs is 1. The summed E-state index contributed by atoms with van der Waals surface area (Å²) in [6.45, 7) is 1.84. The second-order valence-corrected chi connectivity index (χ2v) is 7.91. The zero-order valence-electron chi connectivity index (χ0n) is 14.1. The van der Waals surface area contributed by atoms with Crippen molar-refractivity contribution in [1.82, 2.24) is 4.31 Å². The van der Waals surface area contributed by atoms with E-state index in [1.807, 2.05) is 0 Å². The number of rotatable bonds is 4. The predicted octanol–water partition coefficient (Wildman–Crippen LogP) is 2.23. The number of benzene rings is 2. The summed E-state index contributed by atoms with van der Waals surface area (Å²) >= 11 is 0. The third-order valence-corrected chi connectivity index (χ3v) is 5.80. The van der Waals surface area contributed by atoms with Crippen molar-refractivity contribution >= 4 is 21.6 Å². The molecule has 1 N–H and O–H groups in total. The van der Waals surface area contributed by atoms with Crippen LogP contribution in [0.5, 0.6) is 11.5 Å². The van der Waals surface area contributed by atoms with Gasteiger partial charge in [0.25, 0.3) is 5.91 Å². The van der Waals surface area contributed by atoms with Gasteiger partial charge in [0, 0.05) is 31.4 Å². The maximum Gasteiger partial charge on any atom is 0.255 e. The lowest BCUT2D eigenvalue weighted by molar-refractivity contribution is 0.102. The molecule has 2 aromatic rings. The molecule has 7 nitrogen and oxygen atoms in total. The van der Waals surface area contributed by atoms with Crippen molar-refractivity contribution in [3.05, 3.63) is 47.5 Å². The minimum Gasteiger partial charge on any atom is -0.454 e. The van der Waals surface area contributed by atoms with Crippen LogP contribution >= 0.6 is 0 Å². The molecule has 0 aromatic heterocycles. The van der Waals surface area contributed by atoms with Crippen molar-refractivity contribution in [2.45, 2.75) is 11.8 Å². The van der Waals surface area contributed by atoms with Gasteiger partial charge in [0.15, 0.2) is 11.5 Å². The van der Waals surface area contributed by atoms with Crippen LogP contribution in [0, 0.1) is 6.92 Å². The zero-order chi connectivity index (χ0) is 18.2. The molecule has 8 heteroatoms. The molecule has 3 rings (SSSR count). The molecule has 1 aliphatic rings. The number of carbonyl (C=O) groups excluding carboxylic acids is 1. The fourth-order valence-corrected chi connectivity index (χ4v) is 3.54. The molecule has 0 unspecified atom stereocenters. The molecule has 0 saturated carbocycles. The van der Waals surface area contributed by atoms with E-state index >= 15 is 0 Å². The highest BCUT2D eigenvalue weighted by Crippen LogP contribution is 2.34. The van der Waals surface area contributed by atoms with E-state index in [1.54, 1.807) is 37.3 Å². The lowest BCUT2D eigenvalue weighted by atomic mass is 10.1. The Balaban J connectivity index is 1.88. The number of anilines is 1. The van der Waals surface area contributed by atoms with E-state index in [0.717, 1.165) is 4.31 Å². The molecular formula is C17H18N2O5S. The van der Waals surface area contributed by atoms with E-state index in [9.17, 15) is 13.2 Å². The minimum atomic E-state index is -3.63. The molecule has 0 radical (unpaired) electrons. The Morgan fingerprint density at radius 2 is 1.80 bits per heavy atom. The monoisotopic (exact) mass is 362 g/mol. The number of sulfonamides is 1. The predicted molar refractivity (Wildman–Crippen MR) is 92.6 cm³/mol. The number of amides is 1. The first-order chi connectivity index (χ1) is 11.8. The first-order valence-electron chi connectivity index (χ1n) is 7.53. The van der Waals surface area contributed by atoms with Crippen molar-refractivity contribution in [2.24, 2.45) is 0 Å². The smallest absolute Gasteiger partial charge is 0.255 e. The Morgan fingerprint density at radius 1 is 1.08 bits per heavy atom. The number of nitrogens with zero attached hydrogens (tertiary/aromatic N) is 1. The van der Waals surface area contributed by atoms with Gasteiger partial charge in [0.05, 0.1) is 4.90 Å². The van der Waals surface area contributed by atoms with Gasteiger partial charge in [-0.05, 0) is 36.8 Å². The standard InChI is InChI=1S/C17H18N2O5S/c1-11-4-5-12(8-16(11)25(21,22)19(2)3)17(20)18-13-6-7-14-15(9-13)24-10-23-14/h4-9H,10H2,1-3H3,(H,18,20). The fraction of sp³-hybridized carbons (Fsp3) is 0.235. The molecule has 0 spiro atoms. The molecule has 0 bridgehead atoms. The fourth-order valence-electron chi connectivity index (χ4n) is 2.39. The topological polar surface area (TPSA) is 84.9 Å². The van der Waals surface area contributed by atoms with Crippen molar-refractivity contribution in [1.29, 1.82) is 0 Å². The van der Waals surface area contributed by atoms with Crippen LogP contribution < -0.4 is 14.8 Å². The highest BCUT2D eigenvalue weighted by atomic mass is 32.2. The zero-order valence-corrected chi connectivity index (χ0v) is 14.9. The second kappa shape index (κ2) is 6.38. The lowest BCUT2D eigenvalue weighted by Gasteiger charge is -2.14. The SMILES string of the molecule is Cc1ccc(C(=O)Nc2ccc3c(c2)OCO3)cc1S(=O)(=O)N(C)C. The van der Waals surface area contributed by atoms with Crippen LogP contribution in [-0.4, -0.2) is 39.5 Å². The van der Waals surface area contributed by atoms with Gasteiger partial charge in [-0.1, -0.05) is 6.07 Å². The summed E-state index contributed by atoms with van der Waals surface area (Å²) in [4.78, 5) is 12.6. The molecule has 132 valence electrons. The summed E-state index contributed by atoms with van der Waals surface area (Å²) in [6.07, 6.45) is 0. The molecule has 1 aliphatic heterocycles. The number of hydrogen-bond donors (Lipinski definition) is 1. The average Bonchev–Trinajstić information content (AvgIpc) is 3.02. The van der Waals surface area contributed by atoms with Crippen LogP contribution in [-0.2, 0) is 10.0 Å². The molecule has 0 atom stereocenters. The van der Waals surface area contributed by atoms with Crippen molar-refractivity contribution in [3.8, 4) is 11.5 Å². The quantitative estimate of drug-likeness (QED) is 0.901. The largest absolute Gasteiger partial charge is 0.454 e. The number of ether oxygens (including phenoxy) is 2. The van der Waals surface area contributed by atoms with E-state index in [0.29, 0.717) is 22.7 Å². The highest BCUT2D eigenvalue weighted by Gasteiger charge is 2.22. The van der Waals surface area contributed by atoms with Gasteiger partial charge >= 0.3 is 0 Å². The number of hydrogen-bond acceptors (Lipinski definition) is 5. The normalized spacial score (nSPS) is 13.1. The Hall–Kier alpha value is -2.58. The molecule has 25 heavy (non-hydrogen) atoms. The highest BCUT2D eigenvalue weighted by molar-refractivity contribution is 7.89. The van der Waals surface area contributed by atoms with Gasteiger partial charge in [0.2, 0.25) is 16.8 Å². The van der Waals surface area contributed by atoms with E-state index in [1.165, 1.54) is 20.2 Å². The van der Waals surface area contributed by atoms with E-state index in [-0.39, 0.29) is 17.3 Å². The van der Waals surface area contributed by atoms with E-state index in [2.05, 4.69) is 5.32 Å². The van der Waals surface area contributed by atoms with Crippen molar-refractivity contribution in [2.75, 3.05) is 26.2 Å². The molecule has 0 aliphatic carbocycles. The summed E-state index contributed by atoms with van der Waals surface area (Å²) < 4.78 is 36.4. The Labute approximate surface area is 146 Å². The second-order valence-electron chi connectivity index (χ2n) is 5.79. The van der Waals surface area contributed by atoms with Crippen LogP contribution in [0.2, 0.25) is 0 Å². The third kappa shape index (κ3) is 3.31. The van der Waals surface area contributed by atoms with Crippen LogP contribution in [0.25, 0.3) is 0 Å². The van der Waals surface area contributed by atoms with Crippen molar-refractivity contribution < 1.29 is 22.7 Å². The average molecular weight is 362 g/mol. The summed E-state index contributed by atoms with van der Waals surface area (Å²) in [5, 5.41) is 2.73. The van der Waals surface area contributed by atoms with Gasteiger partial charge in [-0.3, -0.25) is 4.79 Å². The lowest BCUT2D eigenvalue weighted by Crippen LogP contribution is -2.23. The van der Waals surface area contributed by atoms with Crippen molar-refractivity contribution in [3.63, 3.8) is 0 Å². The Morgan fingerprint density at radius 3 is 2.52 bits per heavy atom. The summed E-state index contributed by atoms with van der Waals surface area (Å²) in [5.74, 6) is 0.763. The number of carbonyl (C=O) groups is 1. The molecule has 1 amide bonds. The Bertz CT molecular complexity index is 938. The summed E-state index contributed by atoms with van der Waals surface area (Å²) in [5.41, 5.74) is 1.36. The molecule has 0 saturated heterocycles. The maximum atomic E-state index is 12.5. The van der Waals surface area contributed by atoms with E-state index < -0.39 is 15.9 Å². The summed E-state index contributed by atoms with van der Waals surface area (Å²) in [6, 6.07) is 9.64.